The number of amides is 2. The molecule has 6 N–H and O–H groups in total. The molecule has 102 valence electrons. The predicted molar refractivity (Wildman–Crippen MR) is 68.6 cm³/mol. The molecule has 1 heterocycles. The van der Waals surface area contributed by atoms with E-state index in [2.05, 4.69) is 15.6 Å². The molecule has 7 nitrogen and oxygen atoms in total. The summed E-state index contributed by atoms with van der Waals surface area (Å²) in [7, 11) is 0. The zero-order valence-electron chi connectivity index (χ0n) is 10.8. The van der Waals surface area contributed by atoms with Gasteiger partial charge in [-0.2, -0.15) is 0 Å². The number of rotatable bonds is 5. The molecule has 0 aromatic carbocycles. The van der Waals surface area contributed by atoms with E-state index in [9.17, 15) is 9.59 Å². The molecule has 1 aliphatic heterocycles. The molecule has 0 spiro atoms. The van der Waals surface area contributed by atoms with Gasteiger partial charge in [0.05, 0.1) is 0 Å². The number of piperazine rings is 1. The van der Waals surface area contributed by atoms with E-state index in [1.54, 1.807) is 0 Å². The van der Waals surface area contributed by atoms with Crippen molar-refractivity contribution in [2.75, 3.05) is 6.54 Å². The molecule has 0 bridgehead atoms. The minimum absolute atomic E-state index is 0.0343. The second-order valence-electron chi connectivity index (χ2n) is 4.74. The van der Waals surface area contributed by atoms with Crippen molar-refractivity contribution in [3.63, 3.8) is 0 Å². The van der Waals surface area contributed by atoms with Crippen LogP contribution in [0.15, 0.2) is 4.99 Å². The van der Waals surface area contributed by atoms with Crippen LogP contribution in [0.1, 0.15) is 26.7 Å². The third kappa shape index (κ3) is 3.90. The van der Waals surface area contributed by atoms with Crippen LogP contribution in [-0.2, 0) is 9.59 Å². The maximum absolute atomic E-state index is 11.8. The van der Waals surface area contributed by atoms with E-state index < -0.39 is 12.1 Å². The summed E-state index contributed by atoms with van der Waals surface area (Å²) < 4.78 is 0. The van der Waals surface area contributed by atoms with Crippen LogP contribution in [0.5, 0.6) is 0 Å². The molecule has 0 radical (unpaired) electrons. The second-order valence-corrected chi connectivity index (χ2v) is 4.74. The Morgan fingerprint density at radius 2 is 1.94 bits per heavy atom. The standard InChI is InChI=1S/C11H21N5O2/c1-6(2)8-10(18)15-7(9(17)16-8)4-3-5-14-11(12)13/h6-8H,3-5H2,1-2H3,(H,15,18)(H,16,17)(H4,12,13,14)/t7-,8-/m0/s1. The Kier molecular flexibility index (Phi) is 4.94. The van der Waals surface area contributed by atoms with Crippen molar-refractivity contribution in [1.82, 2.24) is 10.6 Å². The first kappa shape index (κ1) is 14.3. The smallest absolute Gasteiger partial charge is 0.243 e. The molecule has 0 saturated carbocycles. The van der Waals surface area contributed by atoms with Crippen molar-refractivity contribution in [3.8, 4) is 0 Å². The first-order chi connectivity index (χ1) is 8.41. The summed E-state index contributed by atoms with van der Waals surface area (Å²) in [4.78, 5) is 27.3. The third-order valence-corrected chi connectivity index (χ3v) is 2.83. The van der Waals surface area contributed by atoms with Gasteiger partial charge in [-0.3, -0.25) is 14.6 Å². The minimum atomic E-state index is -0.485. The highest BCUT2D eigenvalue weighted by molar-refractivity contribution is 5.97. The summed E-state index contributed by atoms with van der Waals surface area (Å²) in [6.45, 7) is 4.24. The topological polar surface area (TPSA) is 123 Å². The lowest BCUT2D eigenvalue weighted by molar-refractivity contribution is -0.138. The molecule has 0 aromatic heterocycles. The summed E-state index contributed by atoms with van der Waals surface area (Å²) in [5.41, 5.74) is 10.4. The fourth-order valence-electron chi connectivity index (χ4n) is 1.82. The van der Waals surface area contributed by atoms with Crippen LogP contribution in [0.3, 0.4) is 0 Å². The Morgan fingerprint density at radius 1 is 1.28 bits per heavy atom. The summed E-state index contributed by atoms with van der Waals surface area (Å²) in [5, 5.41) is 5.45. The highest BCUT2D eigenvalue weighted by Gasteiger charge is 2.34. The fraction of sp³-hybridized carbons (Fsp3) is 0.727. The SMILES string of the molecule is CC(C)[C@@H]1NC(=O)[C@H](CCCN=C(N)N)NC1=O. The van der Waals surface area contributed by atoms with Gasteiger partial charge in [-0.05, 0) is 18.8 Å². The van der Waals surface area contributed by atoms with E-state index in [4.69, 9.17) is 11.5 Å². The average Bonchev–Trinajstić information content (AvgIpc) is 2.27. The molecule has 0 aliphatic carbocycles. The zero-order chi connectivity index (χ0) is 13.7. The predicted octanol–water partition coefficient (Wildman–Crippen LogP) is -1.32. The van der Waals surface area contributed by atoms with Crippen LogP contribution in [0.25, 0.3) is 0 Å². The molecule has 18 heavy (non-hydrogen) atoms. The van der Waals surface area contributed by atoms with Crippen LogP contribution in [0.2, 0.25) is 0 Å². The number of guanidine groups is 1. The third-order valence-electron chi connectivity index (χ3n) is 2.83. The number of nitrogens with two attached hydrogens (primary N) is 2. The Labute approximate surface area is 106 Å². The largest absolute Gasteiger partial charge is 0.370 e. The fourth-order valence-corrected chi connectivity index (χ4v) is 1.82. The first-order valence-electron chi connectivity index (χ1n) is 6.08. The van der Waals surface area contributed by atoms with Gasteiger partial charge in [0.1, 0.15) is 12.1 Å². The lowest BCUT2D eigenvalue weighted by Crippen LogP contribution is -2.63. The summed E-state index contributed by atoms with van der Waals surface area (Å²) >= 11 is 0. The van der Waals surface area contributed by atoms with Gasteiger partial charge in [0.15, 0.2) is 5.96 Å². The molecule has 0 aromatic rings. The van der Waals surface area contributed by atoms with E-state index in [0.29, 0.717) is 19.4 Å². The van der Waals surface area contributed by atoms with Gasteiger partial charge in [0.2, 0.25) is 11.8 Å². The van der Waals surface area contributed by atoms with Gasteiger partial charge < -0.3 is 22.1 Å². The Hall–Kier alpha value is -1.79. The van der Waals surface area contributed by atoms with Crippen LogP contribution >= 0.6 is 0 Å². The van der Waals surface area contributed by atoms with Gasteiger partial charge in [-0.1, -0.05) is 13.8 Å². The van der Waals surface area contributed by atoms with Crippen LogP contribution in [-0.4, -0.2) is 36.4 Å². The number of hydrogen-bond donors (Lipinski definition) is 4. The lowest BCUT2D eigenvalue weighted by Gasteiger charge is -2.31. The molecule has 0 unspecified atom stereocenters. The quantitative estimate of drug-likeness (QED) is 0.276. The molecule has 2 atom stereocenters. The normalized spacial score (nSPS) is 23.5. The zero-order valence-corrected chi connectivity index (χ0v) is 10.8. The molecular formula is C11H21N5O2. The van der Waals surface area contributed by atoms with Crippen molar-refractivity contribution in [2.45, 2.75) is 38.8 Å². The summed E-state index contributed by atoms with van der Waals surface area (Å²) in [5.74, 6) is -0.155. The van der Waals surface area contributed by atoms with E-state index in [1.165, 1.54) is 0 Å². The lowest BCUT2D eigenvalue weighted by atomic mass is 9.98. The second kappa shape index (κ2) is 6.23. The number of hydrogen-bond acceptors (Lipinski definition) is 3. The number of carbonyl (C=O) groups is 2. The van der Waals surface area contributed by atoms with E-state index >= 15 is 0 Å². The van der Waals surface area contributed by atoms with Crippen LogP contribution in [0.4, 0.5) is 0 Å². The Morgan fingerprint density at radius 3 is 2.50 bits per heavy atom. The van der Waals surface area contributed by atoms with E-state index in [-0.39, 0.29) is 23.7 Å². The average molecular weight is 255 g/mol. The number of carbonyl (C=O) groups excluding carboxylic acids is 2. The Balaban J connectivity index is 2.43. The van der Waals surface area contributed by atoms with Crippen molar-refractivity contribution < 1.29 is 9.59 Å². The molecule has 7 heteroatoms. The van der Waals surface area contributed by atoms with Crippen molar-refractivity contribution in [2.24, 2.45) is 22.4 Å². The maximum Gasteiger partial charge on any atom is 0.243 e. The van der Waals surface area contributed by atoms with Gasteiger partial charge in [-0.25, -0.2) is 0 Å². The van der Waals surface area contributed by atoms with Crippen LogP contribution in [0, 0.1) is 5.92 Å². The highest BCUT2D eigenvalue weighted by Crippen LogP contribution is 2.09. The maximum atomic E-state index is 11.8. The van der Waals surface area contributed by atoms with E-state index in [1.807, 2.05) is 13.8 Å². The summed E-state index contributed by atoms with van der Waals surface area (Å²) in [6, 6.07) is -0.923. The molecular weight excluding hydrogens is 234 g/mol. The number of aliphatic imine (C=N–C) groups is 1. The van der Waals surface area contributed by atoms with Crippen molar-refractivity contribution >= 4 is 17.8 Å². The van der Waals surface area contributed by atoms with Gasteiger partial charge in [-0.15, -0.1) is 0 Å². The Bertz CT molecular complexity index is 349. The molecule has 1 rings (SSSR count). The van der Waals surface area contributed by atoms with Gasteiger partial charge in [0, 0.05) is 6.54 Å². The van der Waals surface area contributed by atoms with E-state index in [0.717, 1.165) is 0 Å². The van der Waals surface area contributed by atoms with Gasteiger partial charge in [0.25, 0.3) is 0 Å². The van der Waals surface area contributed by atoms with Crippen molar-refractivity contribution in [1.29, 1.82) is 0 Å². The van der Waals surface area contributed by atoms with Crippen molar-refractivity contribution in [3.05, 3.63) is 0 Å². The number of nitrogens with one attached hydrogen (secondary N) is 2. The summed E-state index contributed by atoms with van der Waals surface area (Å²) in [6.07, 6.45) is 1.17. The first-order valence-corrected chi connectivity index (χ1v) is 6.08. The molecule has 1 fully saturated rings. The van der Waals surface area contributed by atoms with Crippen LogP contribution < -0.4 is 22.1 Å². The van der Waals surface area contributed by atoms with Gasteiger partial charge >= 0.3 is 0 Å². The highest BCUT2D eigenvalue weighted by atomic mass is 16.2. The molecule has 1 aliphatic rings. The monoisotopic (exact) mass is 255 g/mol. The molecule has 1 saturated heterocycles. The number of nitrogens with zero attached hydrogens (tertiary/aromatic N) is 1. The minimum Gasteiger partial charge on any atom is -0.370 e. The molecule has 2 amide bonds.